The number of hydrazine groups is 1. The molecule has 3 fully saturated rings. The molecule has 6 atom stereocenters. The molecule has 0 spiro atoms. The van der Waals surface area contributed by atoms with Gasteiger partial charge in [0.1, 0.15) is 5.75 Å². The van der Waals surface area contributed by atoms with Crippen LogP contribution in [0.25, 0.3) is 0 Å². The van der Waals surface area contributed by atoms with Gasteiger partial charge in [0.05, 0.1) is 59.3 Å². The van der Waals surface area contributed by atoms with E-state index < -0.39 is 64.6 Å². The molecule has 4 amide bonds. The summed E-state index contributed by atoms with van der Waals surface area (Å²) in [4.78, 5) is 71.9. The SMILES string of the molecule is COc1ccc(C23C(=O)N(Nc4ccc(Cl)cc4Cl)C(=O)C2CC2C(=CCC4C(=O)N(c5cccc(C(=O)O)c5)C(=O)C42)C3c2ccc(O)c(OC)c2)cc1. The monoisotopic (exact) mass is 781 g/mol. The van der Waals surface area contributed by atoms with Crippen LogP contribution < -0.4 is 19.8 Å². The van der Waals surface area contributed by atoms with Gasteiger partial charge in [0, 0.05) is 10.9 Å². The predicted octanol–water partition coefficient (Wildman–Crippen LogP) is 6.60. The van der Waals surface area contributed by atoms with E-state index in [1.807, 2.05) is 6.08 Å². The van der Waals surface area contributed by atoms with Crippen LogP contribution >= 0.6 is 23.2 Å². The smallest absolute Gasteiger partial charge is 0.335 e. The van der Waals surface area contributed by atoms with Crippen LogP contribution in [-0.2, 0) is 24.6 Å². The number of amides is 4. The first-order valence-corrected chi connectivity index (χ1v) is 18.2. The highest BCUT2D eigenvalue weighted by atomic mass is 35.5. The number of ether oxygens (including phenoxy) is 2. The molecule has 55 heavy (non-hydrogen) atoms. The number of rotatable bonds is 8. The number of benzene rings is 4. The zero-order chi connectivity index (χ0) is 38.9. The highest BCUT2D eigenvalue weighted by molar-refractivity contribution is 6.36. The normalized spacial score (nSPS) is 25.6. The maximum atomic E-state index is 15.4. The second kappa shape index (κ2) is 13.5. The van der Waals surface area contributed by atoms with Crippen molar-refractivity contribution < 1.29 is 43.7 Å². The highest BCUT2D eigenvalue weighted by Gasteiger charge is 2.70. The third-order valence-corrected chi connectivity index (χ3v) is 12.0. The van der Waals surface area contributed by atoms with Crippen molar-refractivity contribution in [1.82, 2.24) is 5.01 Å². The van der Waals surface area contributed by atoms with Crippen LogP contribution in [0.1, 0.15) is 40.2 Å². The van der Waals surface area contributed by atoms with E-state index in [4.69, 9.17) is 32.7 Å². The van der Waals surface area contributed by atoms with Crippen LogP contribution in [0, 0.1) is 23.7 Å². The summed E-state index contributed by atoms with van der Waals surface area (Å²) in [6.07, 6.45) is 2.06. The van der Waals surface area contributed by atoms with Crippen molar-refractivity contribution in [2.75, 3.05) is 24.5 Å². The average molecular weight is 783 g/mol. The number of anilines is 2. The molecule has 14 heteroatoms. The van der Waals surface area contributed by atoms with E-state index in [-0.39, 0.29) is 46.3 Å². The summed E-state index contributed by atoms with van der Waals surface area (Å²) >= 11 is 12.7. The van der Waals surface area contributed by atoms with Crippen LogP contribution in [0.4, 0.5) is 11.4 Å². The number of imide groups is 2. The van der Waals surface area contributed by atoms with Gasteiger partial charge in [-0.15, -0.1) is 0 Å². The van der Waals surface area contributed by atoms with Crippen molar-refractivity contribution in [2.24, 2.45) is 23.7 Å². The fraction of sp³-hybridized carbons (Fsp3) is 0.244. The Morgan fingerprint density at radius 2 is 1.64 bits per heavy atom. The summed E-state index contributed by atoms with van der Waals surface area (Å²) < 4.78 is 11.0. The molecule has 0 radical (unpaired) electrons. The molecule has 6 unspecified atom stereocenters. The van der Waals surface area contributed by atoms with E-state index in [1.54, 1.807) is 48.5 Å². The van der Waals surface area contributed by atoms with Gasteiger partial charge >= 0.3 is 5.97 Å². The molecule has 1 saturated carbocycles. The van der Waals surface area contributed by atoms with Crippen LogP contribution in [0.5, 0.6) is 17.2 Å². The van der Waals surface area contributed by atoms with E-state index in [2.05, 4.69) is 5.43 Å². The van der Waals surface area contributed by atoms with Crippen LogP contribution in [0.3, 0.4) is 0 Å². The second-order valence-corrected chi connectivity index (χ2v) is 14.9. The quantitative estimate of drug-likeness (QED) is 0.131. The van der Waals surface area contributed by atoms with Crippen molar-refractivity contribution in [2.45, 2.75) is 24.2 Å². The van der Waals surface area contributed by atoms with Gasteiger partial charge in [-0.3, -0.25) is 29.5 Å². The lowest BCUT2D eigenvalue weighted by atomic mass is 9.49. The molecule has 2 aliphatic carbocycles. The first kappa shape index (κ1) is 36.1. The van der Waals surface area contributed by atoms with Gasteiger partial charge in [-0.25, -0.2) is 4.79 Å². The maximum Gasteiger partial charge on any atom is 0.335 e. The number of nitrogens with zero attached hydrogens (tertiary/aromatic N) is 2. The largest absolute Gasteiger partial charge is 0.504 e. The van der Waals surface area contributed by atoms with E-state index in [0.717, 1.165) is 9.91 Å². The Balaban J connectivity index is 1.33. The number of methoxy groups -OCH3 is 2. The molecule has 3 N–H and O–H groups in total. The molecular weight excluding hydrogens is 749 g/mol. The number of carboxylic acid groups (broad SMARTS) is 1. The summed E-state index contributed by atoms with van der Waals surface area (Å²) in [5.74, 6) is -7.26. The molecule has 2 aliphatic heterocycles. The van der Waals surface area contributed by atoms with Crippen LogP contribution in [-0.4, -0.2) is 59.0 Å². The van der Waals surface area contributed by atoms with Gasteiger partial charge in [-0.2, -0.15) is 5.01 Å². The molecule has 8 rings (SSSR count). The molecule has 280 valence electrons. The lowest BCUT2D eigenvalue weighted by Gasteiger charge is -2.50. The van der Waals surface area contributed by atoms with E-state index in [9.17, 15) is 29.4 Å². The molecule has 2 saturated heterocycles. The molecular formula is C41H33Cl2N3O9. The number of carbonyl (C=O) groups excluding carboxylic acids is 4. The summed E-state index contributed by atoms with van der Waals surface area (Å²) in [5.41, 5.74) is 3.35. The van der Waals surface area contributed by atoms with Crippen molar-refractivity contribution in [3.63, 3.8) is 0 Å². The first-order chi connectivity index (χ1) is 26.4. The molecule has 4 aliphatic rings. The highest BCUT2D eigenvalue weighted by Crippen LogP contribution is 2.64. The average Bonchev–Trinajstić information content (AvgIpc) is 3.56. The van der Waals surface area contributed by atoms with Gasteiger partial charge in [0.2, 0.25) is 11.8 Å². The third kappa shape index (κ3) is 5.45. The lowest BCUT2D eigenvalue weighted by molar-refractivity contribution is -0.138. The Hall–Kier alpha value is -5.85. The van der Waals surface area contributed by atoms with Gasteiger partial charge in [-0.05, 0) is 90.6 Å². The van der Waals surface area contributed by atoms with Crippen molar-refractivity contribution in [3.8, 4) is 17.2 Å². The number of aromatic hydroxyl groups is 1. The molecule has 0 aromatic heterocycles. The zero-order valence-electron chi connectivity index (χ0n) is 29.4. The predicted molar refractivity (Wildman–Crippen MR) is 201 cm³/mol. The van der Waals surface area contributed by atoms with Crippen molar-refractivity contribution >= 4 is 64.2 Å². The Labute approximate surface area is 324 Å². The van der Waals surface area contributed by atoms with E-state index in [0.29, 0.717) is 27.5 Å². The fourth-order valence-corrected chi connectivity index (χ4v) is 9.58. The van der Waals surface area contributed by atoms with Gasteiger partial charge < -0.3 is 19.7 Å². The standard InChI is InChI=1S/C41H33Cl2N3O9/c1-54-25-10-7-22(8-11-25)41-29(37(49)46(40(41)53)44-31-14-9-23(42)18-30(31)43)19-28-26(35(41)20-6-15-32(47)33(17-20)55-2)12-13-27-34(28)38(50)45(36(27)48)24-5-3-4-21(16-24)39(51)52/h3-12,14-18,27-29,34-35,44,47H,13,19H2,1-2H3,(H,51,52). The van der Waals surface area contributed by atoms with Gasteiger partial charge in [-0.1, -0.05) is 59.1 Å². The number of halogens is 2. The number of hydrogen-bond donors (Lipinski definition) is 3. The van der Waals surface area contributed by atoms with E-state index in [1.165, 1.54) is 50.6 Å². The Bertz CT molecular complexity index is 2350. The summed E-state index contributed by atoms with van der Waals surface area (Å²) in [6.45, 7) is 0. The summed E-state index contributed by atoms with van der Waals surface area (Å²) in [6, 6.07) is 21.9. The lowest BCUT2D eigenvalue weighted by Crippen LogP contribution is -2.53. The Morgan fingerprint density at radius 1 is 0.873 bits per heavy atom. The topological polar surface area (TPSA) is 163 Å². The molecule has 4 aromatic carbocycles. The number of phenols is 1. The fourth-order valence-electron chi connectivity index (χ4n) is 9.12. The number of carbonyl (C=O) groups is 5. The number of hydrogen-bond acceptors (Lipinski definition) is 9. The third-order valence-electron chi connectivity index (χ3n) is 11.5. The van der Waals surface area contributed by atoms with Gasteiger partial charge in [0.25, 0.3) is 11.8 Å². The van der Waals surface area contributed by atoms with Crippen molar-refractivity contribution in [1.29, 1.82) is 0 Å². The maximum absolute atomic E-state index is 15.4. The number of fused-ring (bicyclic) bond motifs is 4. The number of allylic oxidation sites excluding steroid dienone is 2. The number of aromatic carboxylic acids is 1. The minimum atomic E-state index is -1.62. The minimum Gasteiger partial charge on any atom is -0.504 e. The second-order valence-electron chi connectivity index (χ2n) is 14.0. The zero-order valence-corrected chi connectivity index (χ0v) is 30.9. The Morgan fingerprint density at radius 3 is 2.33 bits per heavy atom. The van der Waals surface area contributed by atoms with Crippen molar-refractivity contribution in [3.05, 3.63) is 123 Å². The number of carboxylic acids is 1. The molecule has 0 bridgehead atoms. The Kier molecular flexibility index (Phi) is 8.85. The summed E-state index contributed by atoms with van der Waals surface area (Å²) in [5, 5.41) is 21.8. The molecule has 12 nitrogen and oxygen atoms in total. The molecule has 4 aromatic rings. The van der Waals surface area contributed by atoms with E-state index >= 15 is 4.79 Å². The number of nitrogens with one attached hydrogen (secondary N) is 1. The molecule has 2 heterocycles. The summed E-state index contributed by atoms with van der Waals surface area (Å²) in [7, 11) is 2.92. The van der Waals surface area contributed by atoms with Crippen LogP contribution in [0.15, 0.2) is 96.6 Å². The van der Waals surface area contributed by atoms with Gasteiger partial charge in [0.15, 0.2) is 11.5 Å². The first-order valence-electron chi connectivity index (χ1n) is 17.4. The number of phenolic OH excluding ortho intramolecular Hbond substituents is 1. The van der Waals surface area contributed by atoms with Crippen LogP contribution in [0.2, 0.25) is 10.0 Å². The minimum absolute atomic E-state index is 0.0177.